The molecule has 5 rings (SSSR count). The second-order valence-corrected chi connectivity index (χ2v) is 10.2. The number of hydrogen-bond donors (Lipinski definition) is 1. The lowest BCUT2D eigenvalue weighted by atomic mass is 10.0. The molecule has 0 aliphatic rings. The summed E-state index contributed by atoms with van der Waals surface area (Å²) in [5.41, 5.74) is 0.583. The lowest BCUT2D eigenvalue weighted by molar-refractivity contribution is 0.412. The lowest BCUT2D eigenvalue weighted by Crippen LogP contribution is -2.19. The fourth-order valence-electron chi connectivity index (χ4n) is 4.05. The molecule has 0 amide bonds. The van der Waals surface area contributed by atoms with Crippen molar-refractivity contribution in [2.24, 2.45) is 0 Å². The van der Waals surface area contributed by atoms with Crippen LogP contribution in [0.2, 0.25) is 0 Å². The maximum Gasteiger partial charge on any atom is 0.264 e. The number of hydrogen-bond acceptors (Lipinski definition) is 6. The van der Waals surface area contributed by atoms with Gasteiger partial charge in [0.25, 0.3) is 15.6 Å². The highest BCUT2D eigenvalue weighted by Gasteiger charge is 2.20. The molecule has 0 bridgehead atoms. The molecule has 0 radical (unpaired) electrons. The van der Waals surface area contributed by atoms with Gasteiger partial charge in [-0.05, 0) is 54.4 Å². The molecule has 0 atom stereocenters. The zero-order valence-electron chi connectivity index (χ0n) is 20.4. The average molecular weight is 553 g/mol. The summed E-state index contributed by atoms with van der Waals surface area (Å²) in [6.45, 7) is 1.59. The highest BCUT2D eigenvalue weighted by atomic mass is 32.2. The molecule has 0 aliphatic carbocycles. The van der Waals surface area contributed by atoms with Crippen molar-refractivity contribution in [1.82, 2.24) is 14.5 Å². The van der Waals surface area contributed by atoms with Crippen LogP contribution in [0.4, 0.5) is 19.1 Å². The average Bonchev–Trinajstić information content (AvgIpc) is 2.91. The van der Waals surface area contributed by atoms with E-state index in [9.17, 15) is 22.0 Å². The number of sulfonamides is 1. The van der Waals surface area contributed by atoms with Crippen LogP contribution in [0.25, 0.3) is 27.7 Å². The number of benzene rings is 3. The third-order valence-electron chi connectivity index (χ3n) is 6.01. The summed E-state index contributed by atoms with van der Waals surface area (Å²) >= 11 is 0. The number of pyridine rings is 1. The predicted octanol–water partition coefficient (Wildman–Crippen LogP) is 4.98. The number of ether oxygens (including phenoxy) is 1. The number of aromatic nitrogens is 3. The van der Waals surface area contributed by atoms with Crippen molar-refractivity contribution in [1.29, 1.82) is 0 Å². The van der Waals surface area contributed by atoms with Crippen LogP contribution >= 0.6 is 0 Å². The number of halogens is 3. The molecular weight excluding hydrogens is 533 g/mol. The van der Waals surface area contributed by atoms with Gasteiger partial charge in [-0.15, -0.1) is 0 Å². The maximum absolute atomic E-state index is 15.3. The van der Waals surface area contributed by atoms with Crippen molar-refractivity contribution in [2.45, 2.75) is 11.8 Å². The molecule has 8 nitrogen and oxygen atoms in total. The molecule has 0 saturated heterocycles. The standard InChI is InChI=1S/C27H19F3N4O4S/c1-15-3-4-16(10-21(15)29)20-11-25(38-2)24(12-22(20)30)34-23-7-6-19(9-17(23)5-8-26(34)35)39(36,37)33-27-31-13-18(28)14-32-27/h3-14H,1-2H3,(H,31,32,33). The summed E-state index contributed by atoms with van der Waals surface area (Å²) in [4.78, 5) is 20.0. The van der Waals surface area contributed by atoms with Crippen molar-refractivity contribution in [3.8, 4) is 22.6 Å². The Morgan fingerprint density at radius 1 is 0.897 bits per heavy atom. The number of fused-ring (bicyclic) bond motifs is 1. The minimum atomic E-state index is -4.17. The summed E-state index contributed by atoms with van der Waals surface area (Å²) in [5.74, 6) is -2.14. The molecule has 12 heteroatoms. The molecule has 0 fully saturated rings. The minimum absolute atomic E-state index is 0.0652. The van der Waals surface area contributed by atoms with Gasteiger partial charge in [-0.25, -0.2) is 36.3 Å². The molecule has 0 spiro atoms. The van der Waals surface area contributed by atoms with Crippen molar-refractivity contribution >= 4 is 26.9 Å². The van der Waals surface area contributed by atoms with Gasteiger partial charge < -0.3 is 4.74 Å². The molecule has 0 aliphatic heterocycles. The lowest BCUT2D eigenvalue weighted by Gasteiger charge is -2.17. The van der Waals surface area contributed by atoms with E-state index in [1.54, 1.807) is 13.0 Å². The Bertz CT molecular complexity index is 1910. The second-order valence-electron chi connectivity index (χ2n) is 8.53. The van der Waals surface area contributed by atoms with E-state index in [4.69, 9.17) is 4.74 Å². The van der Waals surface area contributed by atoms with Gasteiger partial charge in [-0.3, -0.25) is 9.36 Å². The second kappa shape index (κ2) is 9.87. The number of nitrogens with zero attached hydrogens (tertiary/aromatic N) is 3. The summed E-state index contributed by atoms with van der Waals surface area (Å²) in [6, 6.07) is 13.4. The number of rotatable bonds is 6. The molecule has 198 valence electrons. The quantitative estimate of drug-likeness (QED) is 0.319. The van der Waals surface area contributed by atoms with Gasteiger partial charge in [0.1, 0.15) is 17.4 Å². The van der Waals surface area contributed by atoms with E-state index in [1.807, 2.05) is 0 Å². The Morgan fingerprint density at radius 2 is 1.64 bits per heavy atom. The van der Waals surface area contributed by atoms with Gasteiger partial charge in [0.15, 0.2) is 5.82 Å². The third-order valence-corrected chi connectivity index (χ3v) is 7.34. The Labute approximate surface area is 220 Å². The van der Waals surface area contributed by atoms with Crippen molar-refractivity contribution < 1.29 is 26.3 Å². The molecule has 2 aromatic heterocycles. The first-order chi connectivity index (χ1) is 18.6. The highest BCUT2D eigenvalue weighted by molar-refractivity contribution is 7.92. The van der Waals surface area contributed by atoms with E-state index in [0.29, 0.717) is 10.9 Å². The highest BCUT2D eigenvalue weighted by Crippen LogP contribution is 2.34. The van der Waals surface area contributed by atoms with Gasteiger partial charge in [0, 0.05) is 23.1 Å². The Morgan fingerprint density at radius 3 is 2.33 bits per heavy atom. The van der Waals surface area contributed by atoms with Gasteiger partial charge in [-0.2, -0.15) is 0 Å². The number of aryl methyl sites for hydroxylation is 1. The Balaban J connectivity index is 1.61. The molecule has 0 saturated carbocycles. The Kier molecular flexibility index (Phi) is 6.56. The van der Waals surface area contributed by atoms with Crippen molar-refractivity contribution in [2.75, 3.05) is 11.8 Å². The molecule has 1 N–H and O–H groups in total. The predicted molar refractivity (Wildman–Crippen MR) is 139 cm³/mol. The van der Waals surface area contributed by atoms with E-state index in [2.05, 4.69) is 14.7 Å². The van der Waals surface area contributed by atoms with Crippen LogP contribution in [0.3, 0.4) is 0 Å². The van der Waals surface area contributed by atoms with Crippen LogP contribution in [0, 0.1) is 24.4 Å². The van der Waals surface area contributed by atoms with Crippen LogP contribution in [-0.4, -0.2) is 30.1 Å². The van der Waals surface area contributed by atoms with Crippen molar-refractivity contribution in [3.05, 3.63) is 106 Å². The minimum Gasteiger partial charge on any atom is -0.495 e. The maximum atomic E-state index is 15.3. The fraction of sp³-hybridized carbons (Fsp3) is 0.0741. The van der Waals surface area contributed by atoms with Gasteiger partial charge >= 0.3 is 0 Å². The van der Waals surface area contributed by atoms with Crippen LogP contribution in [0.15, 0.2) is 82.7 Å². The van der Waals surface area contributed by atoms with Gasteiger partial charge in [-0.1, -0.05) is 12.1 Å². The van der Waals surface area contributed by atoms with Gasteiger partial charge in [0.2, 0.25) is 5.95 Å². The summed E-state index contributed by atoms with van der Waals surface area (Å²) in [5, 5.41) is 0.338. The molecule has 0 unspecified atom stereocenters. The fourth-order valence-corrected chi connectivity index (χ4v) is 5.04. The number of anilines is 1. The molecule has 39 heavy (non-hydrogen) atoms. The van der Waals surface area contributed by atoms with Crippen LogP contribution in [0.5, 0.6) is 5.75 Å². The first-order valence-corrected chi connectivity index (χ1v) is 12.9. The zero-order chi connectivity index (χ0) is 27.9. The molecule has 2 heterocycles. The van der Waals surface area contributed by atoms with Crippen LogP contribution in [0.1, 0.15) is 5.56 Å². The van der Waals surface area contributed by atoms with E-state index >= 15 is 4.39 Å². The van der Waals surface area contributed by atoms with Crippen LogP contribution in [-0.2, 0) is 10.0 Å². The van der Waals surface area contributed by atoms with Crippen molar-refractivity contribution in [3.63, 3.8) is 0 Å². The Hall–Kier alpha value is -4.71. The normalized spacial score (nSPS) is 11.5. The monoisotopic (exact) mass is 552 g/mol. The smallest absolute Gasteiger partial charge is 0.264 e. The van der Waals surface area contributed by atoms with E-state index in [-0.39, 0.29) is 38.9 Å². The van der Waals surface area contributed by atoms with Crippen LogP contribution < -0.4 is 15.0 Å². The van der Waals surface area contributed by atoms with Gasteiger partial charge in [0.05, 0.1) is 35.6 Å². The molecule has 5 aromatic rings. The summed E-state index contributed by atoms with van der Waals surface area (Å²) in [7, 11) is -2.82. The topological polar surface area (TPSA) is 103 Å². The number of nitrogens with one attached hydrogen (secondary N) is 1. The number of methoxy groups -OCH3 is 1. The zero-order valence-corrected chi connectivity index (χ0v) is 21.3. The first-order valence-electron chi connectivity index (χ1n) is 11.4. The SMILES string of the molecule is COc1cc(-c2ccc(C)c(F)c2)c(F)cc1-n1c(=O)ccc2cc(S(=O)(=O)Nc3ncc(F)cn3)ccc21. The summed E-state index contributed by atoms with van der Waals surface area (Å²) in [6.07, 6.45) is 1.63. The third kappa shape index (κ3) is 4.93. The molecular formula is C27H19F3N4O4S. The molecule has 3 aromatic carbocycles. The van der Waals surface area contributed by atoms with E-state index < -0.39 is 33.0 Å². The largest absolute Gasteiger partial charge is 0.495 e. The van der Waals surface area contributed by atoms with E-state index in [1.165, 1.54) is 60.2 Å². The van der Waals surface area contributed by atoms with E-state index in [0.717, 1.165) is 18.5 Å². The first kappa shape index (κ1) is 25.9. The summed E-state index contributed by atoms with van der Waals surface area (Å²) < 4.78 is 77.1.